The molecule has 1 aromatic rings. The first-order valence-corrected chi connectivity index (χ1v) is 11.8. The largest absolute Gasteiger partial charge is 0.0654 e. The van der Waals surface area contributed by atoms with Gasteiger partial charge in [0.15, 0.2) is 0 Å². The lowest BCUT2D eigenvalue weighted by atomic mass is 9.61. The molecule has 3 unspecified atom stereocenters. The summed E-state index contributed by atoms with van der Waals surface area (Å²) in [4.78, 5) is 0. The lowest BCUT2D eigenvalue weighted by Gasteiger charge is -2.45. The number of unbranched alkanes of at least 4 members (excludes halogenated alkanes) is 2. The molecule has 0 amide bonds. The SMILES string of the molecule is CCCCC[C@@H]1CC[C@@H]2CC(C3CCc4cc(C)ccc4C3)CCC2C1. The van der Waals surface area contributed by atoms with Crippen molar-refractivity contribution in [1.29, 1.82) is 0 Å². The van der Waals surface area contributed by atoms with E-state index < -0.39 is 0 Å². The van der Waals surface area contributed by atoms with Crippen LogP contribution >= 0.6 is 0 Å². The highest BCUT2D eigenvalue weighted by atomic mass is 14.4. The third-order valence-electron chi connectivity index (χ3n) is 8.27. The van der Waals surface area contributed by atoms with Crippen molar-refractivity contribution in [3.05, 3.63) is 34.9 Å². The number of rotatable bonds is 5. The standard InChI is InChI=1S/C26H40/c1-3-4-5-6-20-8-10-24-18-26(14-12-22(24)16-20)25-13-11-21-15-19(2)7-9-23(21)17-25/h7,9,15,20,22,24-26H,3-6,8,10-14,16-18H2,1-2H3/t20-,22?,24-,25?,26?/m1/s1. The first kappa shape index (κ1) is 18.6. The summed E-state index contributed by atoms with van der Waals surface area (Å²) in [5, 5.41) is 0. The van der Waals surface area contributed by atoms with Crippen LogP contribution in [0, 0.1) is 36.5 Å². The quantitative estimate of drug-likeness (QED) is 0.481. The van der Waals surface area contributed by atoms with E-state index in [1.807, 2.05) is 0 Å². The second-order valence-corrected chi connectivity index (χ2v) is 10.0. The highest BCUT2D eigenvalue weighted by molar-refractivity contribution is 5.33. The molecule has 0 heteroatoms. The number of fused-ring (bicyclic) bond motifs is 2. The third-order valence-corrected chi connectivity index (χ3v) is 8.27. The average molecular weight is 353 g/mol. The van der Waals surface area contributed by atoms with Gasteiger partial charge in [-0.1, -0.05) is 62.8 Å². The van der Waals surface area contributed by atoms with Crippen molar-refractivity contribution in [2.24, 2.45) is 29.6 Å². The van der Waals surface area contributed by atoms with Crippen molar-refractivity contribution in [3.8, 4) is 0 Å². The Labute approximate surface area is 162 Å². The predicted octanol–water partition coefficient (Wildman–Crippen LogP) is 7.51. The molecular formula is C26H40. The zero-order valence-corrected chi connectivity index (χ0v) is 17.3. The molecule has 26 heavy (non-hydrogen) atoms. The fourth-order valence-corrected chi connectivity index (χ4v) is 6.71. The molecule has 0 bridgehead atoms. The van der Waals surface area contributed by atoms with Crippen LogP contribution in [-0.2, 0) is 12.8 Å². The van der Waals surface area contributed by atoms with E-state index >= 15 is 0 Å². The molecule has 0 spiro atoms. The molecule has 0 saturated heterocycles. The zero-order valence-electron chi connectivity index (χ0n) is 17.3. The van der Waals surface area contributed by atoms with E-state index in [9.17, 15) is 0 Å². The van der Waals surface area contributed by atoms with E-state index in [1.54, 1.807) is 43.2 Å². The third kappa shape index (κ3) is 4.20. The summed E-state index contributed by atoms with van der Waals surface area (Å²) in [5.74, 6) is 5.25. The lowest BCUT2D eigenvalue weighted by molar-refractivity contribution is 0.0690. The van der Waals surface area contributed by atoms with Gasteiger partial charge in [-0.25, -0.2) is 0 Å². The summed E-state index contributed by atoms with van der Waals surface area (Å²) in [7, 11) is 0. The fraction of sp³-hybridized carbons (Fsp3) is 0.769. The van der Waals surface area contributed by atoms with E-state index in [0.29, 0.717) is 0 Å². The molecule has 0 N–H and O–H groups in total. The Morgan fingerprint density at radius 1 is 0.808 bits per heavy atom. The minimum absolute atomic E-state index is 0.980. The van der Waals surface area contributed by atoms with E-state index in [1.165, 1.54) is 56.9 Å². The first-order valence-electron chi connectivity index (χ1n) is 11.8. The van der Waals surface area contributed by atoms with Crippen LogP contribution < -0.4 is 0 Å². The minimum atomic E-state index is 0.980. The maximum atomic E-state index is 2.45. The second kappa shape index (κ2) is 8.49. The Morgan fingerprint density at radius 3 is 2.42 bits per heavy atom. The van der Waals surface area contributed by atoms with Crippen molar-refractivity contribution >= 4 is 0 Å². The van der Waals surface area contributed by atoms with Crippen LogP contribution in [0.3, 0.4) is 0 Å². The lowest BCUT2D eigenvalue weighted by Crippen LogP contribution is -2.35. The van der Waals surface area contributed by atoms with E-state index in [0.717, 1.165) is 29.6 Å². The molecule has 2 fully saturated rings. The number of aryl methyl sites for hydroxylation is 2. The van der Waals surface area contributed by atoms with Gasteiger partial charge >= 0.3 is 0 Å². The molecule has 3 aliphatic rings. The fourth-order valence-electron chi connectivity index (χ4n) is 6.71. The van der Waals surface area contributed by atoms with Crippen molar-refractivity contribution in [3.63, 3.8) is 0 Å². The molecule has 1 aromatic carbocycles. The Kier molecular flexibility index (Phi) is 6.07. The minimum Gasteiger partial charge on any atom is -0.0654 e. The summed E-state index contributed by atoms with van der Waals surface area (Å²) in [6.07, 6.45) is 19.4. The maximum Gasteiger partial charge on any atom is -0.0245 e. The molecule has 0 radical (unpaired) electrons. The summed E-state index contributed by atoms with van der Waals surface area (Å²) >= 11 is 0. The van der Waals surface area contributed by atoms with Crippen molar-refractivity contribution < 1.29 is 0 Å². The Morgan fingerprint density at radius 2 is 1.58 bits per heavy atom. The van der Waals surface area contributed by atoms with E-state index in [2.05, 4.69) is 32.0 Å². The van der Waals surface area contributed by atoms with Crippen LogP contribution in [0.4, 0.5) is 0 Å². The summed E-state index contributed by atoms with van der Waals surface area (Å²) in [6, 6.07) is 7.21. The molecule has 144 valence electrons. The molecule has 2 saturated carbocycles. The predicted molar refractivity (Wildman–Crippen MR) is 112 cm³/mol. The number of hydrogen-bond donors (Lipinski definition) is 0. The van der Waals surface area contributed by atoms with Crippen LogP contribution in [0.15, 0.2) is 18.2 Å². The van der Waals surface area contributed by atoms with Gasteiger partial charge in [0.25, 0.3) is 0 Å². The van der Waals surface area contributed by atoms with Crippen molar-refractivity contribution in [1.82, 2.24) is 0 Å². The molecule has 4 rings (SSSR count). The van der Waals surface area contributed by atoms with Gasteiger partial charge in [-0.2, -0.15) is 0 Å². The molecule has 5 atom stereocenters. The number of hydrogen-bond acceptors (Lipinski definition) is 0. The number of benzene rings is 1. The smallest absolute Gasteiger partial charge is 0.0245 e. The molecule has 0 aliphatic heterocycles. The van der Waals surface area contributed by atoms with Gasteiger partial charge in [0.05, 0.1) is 0 Å². The van der Waals surface area contributed by atoms with Crippen LogP contribution in [0.2, 0.25) is 0 Å². The van der Waals surface area contributed by atoms with Gasteiger partial charge in [0, 0.05) is 0 Å². The highest BCUT2D eigenvalue weighted by Crippen LogP contribution is 2.49. The van der Waals surface area contributed by atoms with Gasteiger partial charge < -0.3 is 0 Å². The van der Waals surface area contributed by atoms with Crippen LogP contribution in [0.25, 0.3) is 0 Å². The van der Waals surface area contributed by atoms with E-state index in [4.69, 9.17) is 0 Å². The molecule has 0 nitrogen and oxygen atoms in total. The average Bonchev–Trinajstić information content (AvgIpc) is 2.67. The van der Waals surface area contributed by atoms with Gasteiger partial charge in [-0.15, -0.1) is 0 Å². The first-order chi connectivity index (χ1) is 12.7. The van der Waals surface area contributed by atoms with Gasteiger partial charge in [0.2, 0.25) is 0 Å². The van der Waals surface area contributed by atoms with Crippen LogP contribution in [0.5, 0.6) is 0 Å². The van der Waals surface area contributed by atoms with Gasteiger partial charge in [0.1, 0.15) is 0 Å². The molecule has 3 aliphatic carbocycles. The van der Waals surface area contributed by atoms with Crippen molar-refractivity contribution in [2.45, 2.75) is 97.3 Å². The van der Waals surface area contributed by atoms with Crippen LogP contribution in [-0.4, -0.2) is 0 Å². The Balaban J connectivity index is 1.30. The highest BCUT2D eigenvalue weighted by Gasteiger charge is 2.38. The summed E-state index contributed by atoms with van der Waals surface area (Å²) in [5.41, 5.74) is 4.77. The monoisotopic (exact) mass is 352 g/mol. The van der Waals surface area contributed by atoms with Crippen LogP contribution in [0.1, 0.15) is 94.2 Å². The molecule has 0 aromatic heterocycles. The zero-order chi connectivity index (χ0) is 17.9. The van der Waals surface area contributed by atoms with Gasteiger partial charge in [-0.3, -0.25) is 0 Å². The second-order valence-electron chi connectivity index (χ2n) is 10.0. The summed E-state index contributed by atoms with van der Waals surface area (Å²) < 4.78 is 0. The van der Waals surface area contributed by atoms with Gasteiger partial charge in [-0.05, 0) is 99.0 Å². The normalized spacial score (nSPS) is 34.2. The van der Waals surface area contributed by atoms with E-state index in [-0.39, 0.29) is 0 Å². The molecule has 0 heterocycles. The Hall–Kier alpha value is -0.780. The summed E-state index contributed by atoms with van der Waals surface area (Å²) in [6.45, 7) is 4.58. The molecular weight excluding hydrogens is 312 g/mol. The Bertz CT molecular complexity index is 586. The van der Waals surface area contributed by atoms with Crippen molar-refractivity contribution in [2.75, 3.05) is 0 Å². The topological polar surface area (TPSA) is 0 Å². The maximum absolute atomic E-state index is 2.45.